The standard InChI is InChI=1S/C17H24BrNO2/c1-20-8-9-21-15-7-6-11(10-14(15)18)17(19)16-12-4-2-3-5-13(12)16/h6-7,10,12-13,16-17H,2-5,8-9,19H2,1H3. The second-order valence-corrected chi connectivity index (χ2v) is 7.10. The fourth-order valence-electron chi connectivity index (χ4n) is 3.88. The second-order valence-electron chi connectivity index (χ2n) is 6.25. The van der Waals surface area contributed by atoms with Crippen LogP contribution < -0.4 is 10.5 Å². The number of nitrogens with two attached hydrogens (primary N) is 1. The molecule has 116 valence electrons. The predicted molar refractivity (Wildman–Crippen MR) is 87.4 cm³/mol. The van der Waals surface area contributed by atoms with E-state index in [2.05, 4.69) is 28.1 Å². The molecule has 21 heavy (non-hydrogen) atoms. The molecular weight excluding hydrogens is 330 g/mol. The summed E-state index contributed by atoms with van der Waals surface area (Å²) in [5, 5.41) is 0. The topological polar surface area (TPSA) is 44.5 Å². The minimum absolute atomic E-state index is 0.169. The molecule has 0 amide bonds. The van der Waals surface area contributed by atoms with Gasteiger partial charge in [-0.1, -0.05) is 18.9 Å². The minimum Gasteiger partial charge on any atom is -0.490 e. The van der Waals surface area contributed by atoms with E-state index in [9.17, 15) is 0 Å². The van der Waals surface area contributed by atoms with Crippen LogP contribution in [-0.4, -0.2) is 20.3 Å². The molecule has 3 rings (SSSR count). The summed E-state index contributed by atoms with van der Waals surface area (Å²) in [6, 6.07) is 6.42. The van der Waals surface area contributed by atoms with Gasteiger partial charge in [0.25, 0.3) is 0 Å². The number of rotatable bonds is 6. The molecule has 0 aromatic heterocycles. The van der Waals surface area contributed by atoms with Gasteiger partial charge >= 0.3 is 0 Å². The van der Waals surface area contributed by atoms with Crippen LogP contribution in [0.3, 0.4) is 0 Å². The molecule has 3 nitrogen and oxygen atoms in total. The fraction of sp³-hybridized carbons (Fsp3) is 0.647. The van der Waals surface area contributed by atoms with Gasteiger partial charge in [-0.05, 0) is 64.2 Å². The van der Waals surface area contributed by atoms with Crippen molar-refractivity contribution in [1.82, 2.24) is 0 Å². The molecule has 2 aliphatic carbocycles. The summed E-state index contributed by atoms with van der Waals surface area (Å²) in [6.45, 7) is 1.16. The van der Waals surface area contributed by atoms with E-state index in [1.54, 1.807) is 7.11 Å². The van der Waals surface area contributed by atoms with Crippen LogP contribution in [0.25, 0.3) is 0 Å². The van der Waals surface area contributed by atoms with Gasteiger partial charge in [0.2, 0.25) is 0 Å². The molecule has 0 spiro atoms. The summed E-state index contributed by atoms with van der Waals surface area (Å²) >= 11 is 3.59. The van der Waals surface area contributed by atoms with Crippen molar-refractivity contribution in [1.29, 1.82) is 0 Å². The quantitative estimate of drug-likeness (QED) is 0.788. The Bertz CT molecular complexity index is 482. The molecule has 1 aromatic rings. The first-order valence-electron chi connectivity index (χ1n) is 7.89. The third-order valence-electron chi connectivity index (χ3n) is 5.02. The highest BCUT2D eigenvalue weighted by molar-refractivity contribution is 9.10. The van der Waals surface area contributed by atoms with Crippen LogP contribution in [0, 0.1) is 17.8 Å². The van der Waals surface area contributed by atoms with E-state index in [-0.39, 0.29) is 6.04 Å². The molecule has 0 heterocycles. The van der Waals surface area contributed by atoms with E-state index in [0.717, 1.165) is 22.1 Å². The van der Waals surface area contributed by atoms with E-state index >= 15 is 0 Å². The summed E-state index contributed by atoms with van der Waals surface area (Å²) in [5.41, 5.74) is 7.74. The summed E-state index contributed by atoms with van der Waals surface area (Å²) < 4.78 is 11.7. The van der Waals surface area contributed by atoms with E-state index in [4.69, 9.17) is 15.2 Å². The molecule has 4 heteroatoms. The predicted octanol–water partition coefficient (Wildman–Crippen LogP) is 3.91. The second kappa shape index (κ2) is 6.67. The molecule has 0 aliphatic heterocycles. The first-order chi connectivity index (χ1) is 10.2. The van der Waals surface area contributed by atoms with Gasteiger partial charge in [0.05, 0.1) is 11.1 Å². The number of fused-ring (bicyclic) bond motifs is 1. The van der Waals surface area contributed by atoms with Gasteiger partial charge in [-0.2, -0.15) is 0 Å². The van der Waals surface area contributed by atoms with Gasteiger partial charge in [0.15, 0.2) is 0 Å². The maximum atomic E-state index is 6.52. The lowest BCUT2D eigenvalue weighted by molar-refractivity contribution is 0.146. The van der Waals surface area contributed by atoms with Crippen molar-refractivity contribution < 1.29 is 9.47 Å². The minimum atomic E-state index is 0.169. The van der Waals surface area contributed by atoms with Crippen molar-refractivity contribution in [3.8, 4) is 5.75 Å². The molecule has 3 unspecified atom stereocenters. The summed E-state index contributed by atoms with van der Waals surface area (Å²) in [4.78, 5) is 0. The Balaban J connectivity index is 1.64. The van der Waals surface area contributed by atoms with Gasteiger partial charge in [-0.3, -0.25) is 0 Å². The number of methoxy groups -OCH3 is 1. The van der Waals surface area contributed by atoms with Crippen molar-refractivity contribution in [3.63, 3.8) is 0 Å². The third-order valence-corrected chi connectivity index (χ3v) is 5.64. The average molecular weight is 354 g/mol. The van der Waals surface area contributed by atoms with E-state index in [0.29, 0.717) is 19.1 Å². The molecule has 2 aliphatic rings. The highest BCUT2D eigenvalue weighted by Gasteiger charge is 2.53. The van der Waals surface area contributed by atoms with E-state index < -0.39 is 0 Å². The maximum Gasteiger partial charge on any atom is 0.133 e. The van der Waals surface area contributed by atoms with Crippen molar-refractivity contribution >= 4 is 15.9 Å². The fourth-order valence-corrected chi connectivity index (χ4v) is 4.39. The first-order valence-corrected chi connectivity index (χ1v) is 8.68. The SMILES string of the molecule is COCCOc1ccc(C(N)C2C3CCCCC32)cc1Br. The Morgan fingerprint density at radius 1 is 1.24 bits per heavy atom. The normalized spacial score (nSPS) is 28.8. The monoisotopic (exact) mass is 353 g/mol. The van der Waals surface area contributed by atoms with Crippen molar-refractivity contribution in [2.75, 3.05) is 20.3 Å². The maximum absolute atomic E-state index is 6.52. The molecule has 2 N–H and O–H groups in total. The van der Waals surface area contributed by atoms with Crippen LogP contribution in [0.5, 0.6) is 5.75 Å². The number of benzene rings is 1. The molecule has 0 bridgehead atoms. The highest BCUT2D eigenvalue weighted by Crippen LogP contribution is 2.59. The Hall–Kier alpha value is -0.580. The van der Waals surface area contributed by atoms with E-state index in [1.165, 1.54) is 31.2 Å². The van der Waals surface area contributed by atoms with Gasteiger partial charge < -0.3 is 15.2 Å². The largest absolute Gasteiger partial charge is 0.490 e. The lowest BCUT2D eigenvalue weighted by Crippen LogP contribution is -2.14. The molecule has 2 saturated carbocycles. The molecular formula is C17H24BrNO2. The zero-order valence-corrected chi connectivity index (χ0v) is 14.1. The van der Waals surface area contributed by atoms with Gasteiger partial charge in [-0.15, -0.1) is 0 Å². The van der Waals surface area contributed by atoms with Gasteiger partial charge in [0.1, 0.15) is 12.4 Å². The van der Waals surface area contributed by atoms with Gasteiger partial charge in [0, 0.05) is 13.2 Å². The number of halogens is 1. The van der Waals surface area contributed by atoms with Crippen LogP contribution in [0.4, 0.5) is 0 Å². The van der Waals surface area contributed by atoms with Crippen LogP contribution >= 0.6 is 15.9 Å². The zero-order chi connectivity index (χ0) is 14.8. The smallest absolute Gasteiger partial charge is 0.133 e. The average Bonchev–Trinajstić information content (AvgIpc) is 3.22. The van der Waals surface area contributed by atoms with Crippen LogP contribution in [0.1, 0.15) is 37.3 Å². The molecule has 0 saturated heterocycles. The lowest BCUT2D eigenvalue weighted by Gasteiger charge is -2.15. The Morgan fingerprint density at radius 3 is 2.57 bits per heavy atom. The molecule has 1 aromatic carbocycles. The first kappa shape index (κ1) is 15.3. The lowest BCUT2D eigenvalue weighted by atomic mass is 10.0. The Kier molecular flexibility index (Phi) is 4.87. The zero-order valence-electron chi connectivity index (χ0n) is 12.6. The van der Waals surface area contributed by atoms with Crippen LogP contribution in [-0.2, 0) is 4.74 Å². The number of ether oxygens (including phenoxy) is 2. The van der Waals surface area contributed by atoms with Gasteiger partial charge in [-0.25, -0.2) is 0 Å². The molecule has 2 fully saturated rings. The molecule has 3 atom stereocenters. The number of hydrogen-bond donors (Lipinski definition) is 1. The summed E-state index contributed by atoms with van der Waals surface area (Å²) in [5.74, 6) is 3.31. The highest BCUT2D eigenvalue weighted by atomic mass is 79.9. The summed E-state index contributed by atoms with van der Waals surface area (Å²) in [6.07, 6.45) is 5.53. The van der Waals surface area contributed by atoms with Crippen molar-refractivity contribution in [3.05, 3.63) is 28.2 Å². The van der Waals surface area contributed by atoms with Crippen LogP contribution in [0.15, 0.2) is 22.7 Å². The third kappa shape index (κ3) is 3.27. The van der Waals surface area contributed by atoms with E-state index in [1.807, 2.05) is 6.07 Å². The molecule has 0 radical (unpaired) electrons. The number of hydrogen-bond acceptors (Lipinski definition) is 3. The van der Waals surface area contributed by atoms with Crippen molar-refractivity contribution in [2.24, 2.45) is 23.5 Å². The van der Waals surface area contributed by atoms with Crippen LogP contribution in [0.2, 0.25) is 0 Å². The Labute approximate surface area is 135 Å². The van der Waals surface area contributed by atoms with Crippen molar-refractivity contribution in [2.45, 2.75) is 31.7 Å². The Morgan fingerprint density at radius 2 is 1.95 bits per heavy atom. The summed E-state index contributed by atoms with van der Waals surface area (Å²) in [7, 11) is 1.68.